The lowest BCUT2D eigenvalue weighted by molar-refractivity contribution is -0.0129. The van der Waals surface area contributed by atoms with Gasteiger partial charge in [0.2, 0.25) is 0 Å². The number of hydrogen-bond acceptors (Lipinski definition) is 3. The zero-order valence-corrected chi connectivity index (χ0v) is 23.4. The average Bonchev–Trinajstić information content (AvgIpc) is 3.02. The van der Waals surface area contributed by atoms with Crippen molar-refractivity contribution in [3.8, 4) is 0 Å². The first-order valence-corrected chi connectivity index (χ1v) is 17.7. The molecule has 1 fully saturated rings. The molecular weight excluding hydrogens is 404 g/mol. The van der Waals surface area contributed by atoms with E-state index >= 15 is 0 Å². The lowest BCUT2D eigenvalue weighted by atomic mass is 9.57. The van der Waals surface area contributed by atoms with Gasteiger partial charge in [-0.25, -0.2) is 0 Å². The van der Waals surface area contributed by atoms with Crippen LogP contribution in [0, 0.1) is 5.92 Å². The van der Waals surface area contributed by atoms with Crippen LogP contribution in [0.15, 0.2) is 16.9 Å². The Morgan fingerprint density at radius 1 is 0.933 bits per heavy atom. The van der Waals surface area contributed by atoms with Crippen LogP contribution in [-0.2, 0) is 20.7 Å². The summed E-state index contributed by atoms with van der Waals surface area (Å²) in [5.74, 6) is 0.486. The highest BCUT2D eigenvalue weighted by atomic mass is 28.4. The van der Waals surface area contributed by atoms with E-state index in [1.807, 2.05) is 12.5 Å². The second kappa shape index (κ2) is 7.60. The van der Waals surface area contributed by atoms with Gasteiger partial charge in [0.15, 0.2) is 16.6 Å². The maximum Gasteiger partial charge on any atom is 0.192 e. The fraction of sp³-hybridized carbons (Fsp3) is 0.840. The first-order valence-electron chi connectivity index (χ1n) is 11.9. The maximum absolute atomic E-state index is 7.10. The van der Waals surface area contributed by atoms with Gasteiger partial charge in [0, 0.05) is 17.9 Å². The summed E-state index contributed by atoms with van der Waals surface area (Å²) in [6.07, 6.45) is 8.96. The van der Waals surface area contributed by atoms with Crippen molar-refractivity contribution in [1.29, 1.82) is 0 Å². The fourth-order valence-corrected chi connectivity index (χ4v) is 7.68. The summed E-state index contributed by atoms with van der Waals surface area (Å²) in [7, 11) is -3.65. The second-order valence-corrected chi connectivity index (χ2v) is 22.7. The first-order chi connectivity index (χ1) is 13.5. The van der Waals surface area contributed by atoms with Crippen molar-refractivity contribution in [2.75, 3.05) is 0 Å². The van der Waals surface area contributed by atoms with E-state index in [1.165, 1.54) is 11.1 Å². The molecule has 2 aliphatic carbocycles. The summed E-state index contributed by atoms with van der Waals surface area (Å²) >= 11 is 0. The molecule has 3 nitrogen and oxygen atoms in total. The molecule has 2 aliphatic rings. The molecule has 0 aliphatic heterocycles. The SMILES string of the molecule is CC(C)(C)[Si](C)(C)O[C@H]1CC[C@]2(C)c3cocc3C[C@H](O[Si](C)(C)C(C)(C)C)[C@@H]2C1. The lowest BCUT2D eigenvalue weighted by Crippen LogP contribution is -2.56. The smallest absolute Gasteiger partial charge is 0.192 e. The van der Waals surface area contributed by atoms with E-state index < -0.39 is 16.6 Å². The Kier molecular flexibility index (Phi) is 6.15. The minimum atomic E-state index is -1.86. The Hall–Kier alpha value is -0.366. The summed E-state index contributed by atoms with van der Waals surface area (Å²) in [6, 6.07) is 0. The zero-order valence-electron chi connectivity index (χ0n) is 21.4. The third-order valence-corrected chi connectivity index (χ3v) is 18.1. The van der Waals surface area contributed by atoms with E-state index in [1.54, 1.807) is 0 Å². The molecule has 1 aromatic heterocycles. The van der Waals surface area contributed by atoms with Gasteiger partial charge in [-0.15, -0.1) is 0 Å². The van der Waals surface area contributed by atoms with Crippen LogP contribution in [0.4, 0.5) is 0 Å². The molecule has 172 valence electrons. The predicted octanol–water partition coefficient (Wildman–Crippen LogP) is 7.67. The largest absolute Gasteiger partial charge is 0.472 e. The topological polar surface area (TPSA) is 31.6 Å². The van der Waals surface area contributed by atoms with Gasteiger partial charge in [0.25, 0.3) is 0 Å². The van der Waals surface area contributed by atoms with Crippen LogP contribution < -0.4 is 0 Å². The molecule has 0 N–H and O–H groups in total. The quantitative estimate of drug-likeness (QED) is 0.441. The molecule has 30 heavy (non-hydrogen) atoms. The van der Waals surface area contributed by atoms with Crippen LogP contribution in [0.2, 0.25) is 36.3 Å². The monoisotopic (exact) mass is 450 g/mol. The fourth-order valence-electron chi connectivity index (χ4n) is 4.93. The van der Waals surface area contributed by atoms with Gasteiger partial charge >= 0.3 is 0 Å². The number of fused-ring (bicyclic) bond motifs is 3. The van der Waals surface area contributed by atoms with Crippen molar-refractivity contribution in [3.63, 3.8) is 0 Å². The van der Waals surface area contributed by atoms with Gasteiger partial charge < -0.3 is 13.3 Å². The van der Waals surface area contributed by atoms with Crippen molar-refractivity contribution in [1.82, 2.24) is 0 Å². The normalized spacial score (nSPS) is 30.7. The molecule has 0 radical (unpaired) electrons. The highest BCUT2D eigenvalue weighted by Gasteiger charge is 2.53. The summed E-state index contributed by atoms with van der Waals surface area (Å²) in [6.45, 7) is 26.1. The second-order valence-electron chi connectivity index (χ2n) is 13.2. The molecule has 1 saturated carbocycles. The van der Waals surface area contributed by atoms with Gasteiger partial charge in [-0.1, -0.05) is 48.5 Å². The van der Waals surface area contributed by atoms with E-state index in [0.29, 0.717) is 12.0 Å². The molecule has 5 heteroatoms. The maximum atomic E-state index is 7.10. The Morgan fingerprint density at radius 2 is 1.50 bits per heavy atom. The Morgan fingerprint density at radius 3 is 2.07 bits per heavy atom. The third-order valence-electron chi connectivity index (χ3n) is 9.07. The average molecular weight is 451 g/mol. The van der Waals surface area contributed by atoms with E-state index in [-0.39, 0.29) is 21.6 Å². The zero-order chi connectivity index (χ0) is 22.8. The lowest BCUT2D eigenvalue weighted by Gasteiger charge is -2.54. The predicted molar refractivity (Wildman–Crippen MR) is 131 cm³/mol. The summed E-state index contributed by atoms with van der Waals surface area (Å²) in [4.78, 5) is 0. The van der Waals surface area contributed by atoms with Crippen molar-refractivity contribution in [2.24, 2.45) is 5.92 Å². The standard InChI is InChI=1S/C25H46O3Si2/c1-23(2,3)29(8,9)27-19-12-13-25(7)20(15-19)22(14-18-16-26-17-21(18)25)28-30(10,11)24(4,5)6/h16-17,19-20,22H,12-15H2,1-11H3/t19-,20-,22-,25-/m0/s1. The molecule has 0 unspecified atom stereocenters. The molecular formula is C25H46O3Si2. The minimum absolute atomic E-state index is 0.126. The molecule has 0 aromatic carbocycles. The van der Waals surface area contributed by atoms with E-state index in [4.69, 9.17) is 13.3 Å². The van der Waals surface area contributed by atoms with Crippen LogP contribution in [0.3, 0.4) is 0 Å². The van der Waals surface area contributed by atoms with Crippen LogP contribution in [0.25, 0.3) is 0 Å². The van der Waals surface area contributed by atoms with E-state index in [9.17, 15) is 0 Å². The summed E-state index contributed by atoms with van der Waals surface area (Å²) in [5, 5.41) is 0.459. The van der Waals surface area contributed by atoms with Crippen molar-refractivity contribution in [2.45, 2.75) is 128 Å². The van der Waals surface area contributed by atoms with Crippen LogP contribution in [0.1, 0.15) is 78.9 Å². The molecule has 0 saturated heterocycles. The van der Waals surface area contributed by atoms with Crippen LogP contribution in [0.5, 0.6) is 0 Å². The number of furan rings is 1. The molecule has 1 aromatic rings. The molecule has 0 amide bonds. The third kappa shape index (κ3) is 4.29. The molecule has 3 rings (SSSR count). The van der Waals surface area contributed by atoms with Crippen molar-refractivity contribution in [3.05, 3.63) is 23.7 Å². The van der Waals surface area contributed by atoms with E-state index in [2.05, 4.69) is 74.7 Å². The Balaban J connectivity index is 1.90. The van der Waals surface area contributed by atoms with Crippen LogP contribution in [-0.4, -0.2) is 28.8 Å². The highest BCUT2D eigenvalue weighted by Crippen LogP contribution is 2.53. The van der Waals surface area contributed by atoms with Crippen molar-refractivity contribution >= 4 is 16.6 Å². The van der Waals surface area contributed by atoms with Gasteiger partial charge in [-0.2, -0.15) is 0 Å². The molecule has 4 atom stereocenters. The Labute approximate surface area is 187 Å². The number of rotatable bonds is 4. The van der Waals surface area contributed by atoms with Gasteiger partial charge in [-0.05, 0) is 72.6 Å². The molecule has 1 heterocycles. The minimum Gasteiger partial charge on any atom is -0.472 e. The van der Waals surface area contributed by atoms with Gasteiger partial charge in [0.1, 0.15) is 0 Å². The molecule has 0 spiro atoms. The summed E-state index contributed by atoms with van der Waals surface area (Å²) < 4.78 is 19.7. The van der Waals surface area contributed by atoms with Gasteiger partial charge in [0.05, 0.1) is 18.6 Å². The summed E-state index contributed by atoms with van der Waals surface area (Å²) in [5.41, 5.74) is 2.91. The molecule has 0 bridgehead atoms. The Bertz CT molecular complexity index is 753. The van der Waals surface area contributed by atoms with Crippen LogP contribution >= 0.6 is 0 Å². The highest BCUT2D eigenvalue weighted by molar-refractivity contribution is 6.74. The van der Waals surface area contributed by atoms with E-state index in [0.717, 1.165) is 25.7 Å². The van der Waals surface area contributed by atoms with Crippen molar-refractivity contribution < 1.29 is 13.3 Å². The van der Waals surface area contributed by atoms with Gasteiger partial charge in [-0.3, -0.25) is 0 Å². The first kappa shape index (κ1) is 24.3. The number of hydrogen-bond donors (Lipinski definition) is 0.